The van der Waals surface area contributed by atoms with E-state index in [4.69, 9.17) is 8.83 Å². The third-order valence-electron chi connectivity index (χ3n) is 2.66. The SMILES string of the molecule is Cc1cc(C(=O)NC(CO)c2ccco2)c(C)o1. The first kappa shape index (κ1) is 12.4. The van der Waals surface area contributed by atoms with Gasteiger partial charge in [0, 0.05) is 0 Å². The average molecular weight is 249 g/mol. The Balaban J connectivity index is 2.13. The Bertz CT molecular complexity index is 527. The van der Waals surface area contributed by atoms with E-state index in [0.29, 0.717) is 22.8 Å². The van der Waals surface area contributed by atoms with Crippen molar-refractivity contribution in [2.75, 3.05) is 6.61 Å². The highest BCUT2D eigenvalue weighted by molar-refractivity contribution is 5.95. The molecule has 0 aliphatic carbocycles. The molecule has 2 N–H and O–H groups in total. The number of hydrogen-bond acceptors (Lipinski definition) is 4. The molecule has 0 saturated heterocycles. The minimum Gasteiger partial charge on any atom is -0.467 e. The van der Waals surface area contributed by atoms with E-state index in [9.17, 15) is 9.90 Å². The van der Waals surface area contributed by atoms with Crippen molar-refractivity contribution in [3.63, 3.8) is 0 Å². The maximum absolute atomic E-state index is 12.0. The summed E-state index contributed by atoms with van der Waals surface area (Å²) in [6, 6.07) is 4.52. The Morgan fingerprint density at radius 1 is 1.50 bits per heavy atom. The van der Waals surface area contributed by atoms with Crippen LogP contribution in [0.3, 0.4) is 0 Å². The van der Waals surface area contributed by atoms with E-state index in [1.54, 1.807) is 32.0 Å². The minimum absolute atomic E-state index is 0.227. The van der Waals surface area contributed by atoms with Crippen molar-refractivity contribution in [1.29, 1.82) is 0 Å². The molecular weight excluding hydrogens is 234 g/mol. The van der Waals surface area contributed by atoms with Crippen LogP contribution in [0.2, 0.25) is 0 Å². The van der Waals surface area contributed by atoms with Gasteiger partial charge in [0.25, 0.3) is 5.91 Å². The van der Waals surface area contributed by atoms with Gasteiger partial charge in [-0.1, -0.05) is 0 Å². The average Bonchev–Trinajstić information content (AvgIpc) is 2.95. The van der Waals surface area contributed by atoms with Gasteiger partial charge < -0.3 is 19.3 Å². The number of furan rings is 2. The molecule has 96 valence electrons. The zero-order chi connectivity index (χ0) is 13.1. The quantitative estimate of drug-likeness (QED) is 0.868. The Hall–Kier alpha value is -2.01. The lowest BCUT2D eigenvalue weighted by molar-refractivity contribution is 0.0906. The third-order valence-corrected chi connectivity index (χ3v) is 2.66. The van der Waals surface area contributed by atoms with E-state index < -0.39 is 6.04 Å². The molecule has 0 saturated carbocycles. The first-order chi connectivity index (χ1) is 8.61. The molecule has 0 fully saturated rings. The molecule has 5 heteroatoms. The number of carbonyl (C=O) groups is 1. The van der Waals surface area contributed by atoms with Gasteiger partial charge in [-0.05, 0) is 32.0 Å². The lowest BCUT2D eigenvalue weighted by Crippen LogP contribution is -2.30. The number of nitrogens with one attached hydrogen (secondary N) is 1. The van der Waals surface area contributed by atoms with Gasteiger partial charge in [-0.25, -0.2) is 0 Å². The summed E-state index contributed by atoms with van der Waals surface area (Å²) in [6.45, 7) is 3.28. The van der Waals surface area contributed by atoms with Crippen molar-refractivity contribution in [3.8, 4) is 0 Å². The highest BCUT2D eigenvalue weighted by atomic mass is 16.3. The van der Waals surface area contributed by atoms with Crippen molar-refractivity contribution in [2.24, 2.45) is 0 Å². The Morgan fingerprint density at radius 2 is 2.28 bits per heavy atom. The summed E-state index contributed by atoms with van der Waals surface area (Å²) in [5, 5.41) is 12.0. The summed E-state index contributed by atoms with van der Waals surface area (Å²) >= 11 is 0. The molecular formula is C13H15NO4. The standard InChI is InChI=1S/C13H15NO4/c1-8-6-10(9(2)18-8)13(16)14-11(7-15)12-4-3-5-17-12/h3-6,11,15H,7H2,1-2H3,(H,14,16). The summed E-state index contributed by atoms with van der Waals surface area (Å²) in [5.74, 6) is 1.46. The third kappa shape index (κ3) is 2.46. The van der Waals surface area contributed by atoms with Gasteiger partial charge in [0.05, 0.1) is 18.4 Å². The molecule has 1 unspecified atom stereocenters. The molecule has 18 heavy (non-hydrogen) atoms. The molecule has 0 aliphatic heterocycles. The zero-order valence-electron chi connectivity index (χ0n) is 10.3. The largest absolute Gasteiger partial charge is 0.467 e. The van der Waals surface area contributed by atoms with Gasteiger partial charge in [-0.15, -0.1) is 0 Å². The van der Waals surface area contributed by atoms with Crippen LogP contribution >= 0.6 is 0 Å². The number of amides is 1. The van der Waals surface area contributed by atoms with Gasteiger partial charge in [0.2, 0.25) is 0 Å². The summed E-state index contributed by atoms with van der Waals surface area (Å²) < 4.78 is 10.5. The molecule has 1 amide bonds. The van der Waals surface area contributed by atoms with Gasteiger partial charge in [-0.2, -0.15) is 0 Å². The minimum atomic E-state index is -0.554. The first-order valence-electron chi connectivity index (χ1n) is 5.64. The Morgan fingerprint density at radius 3 is 2.78 bits per heavy atom. The molecule has 1 atom stereocenters. The number of aliphatic hydroxyl groups is 1. The molecule has 2 aromatic heterocycles. The fourth-order valence-corrected chi connectivity index (χ4v) is 1.79. The number of rotatable bonds is 4. The number of aliphatic hydroxyl groups excluding tert-OH is 1. The topological polar surface area (TPSA) is 75.6 Å². The second-order valence-electron chi connectivity index (χ2n) is 4.05. The molecule has 0 radical (unpaired) electrons. The van der Waals surface area contributed by atoms with Crippen LogP contribution in [0.5, 0.6) is 0 Å². The molecule has 2 rings (SSSR count). The number of carbonyl (C=O) groups excluding carboxylic acids is 1. The predicted molar refractivity (Wildman–Crippen MR) is 64.2 cm³/mol. The van der Waals surface area contributed by atoms with Crippen LogP contribution in [0.15, 0.2) is 33.3 Å². The zero-order valence-corrected chi connectivity index (χ0v) is 10.3. The van der Waals surface area contributed by atoms with Crippen molar-refractivity contribution in [3.05, 3.63) is 47.3 Å². The van der Waals surface area contributed by atoms with E-state index in [2.05, 4.69) is 5.32 Å². The number of aryl methyl sites for hydroxylation is 2. The fourth-order valence-electron chi connectivity index (χ4n) is 1.79. The van der Waals surface area contributed by atoms with Crippen LogP contribution in [0.25, 0.3) is 0 Å². The highest BCUT2D eigenvalue weighted by Gasteiger charge is 2.20. The van der Waals surface area contributed by atoms with Crippen LogP contribution in [0, 0.1) is 13.8 Å². The first-order valence-corrected chi connectivity index (χ1v) is 5.64. The maximum atomic E-state index is 12.0. The van der Waals surface area contributed by atoms with Crippen molar-refractivity contribution >= 4 is 5.91 Å². The summed E-state index contributed by atoms with van der Waals surface area (Å²) in [5.41, 5.74) is 0.470. The van der Waals surface area contributed by atoms with E-state index in [-0.39, 0.29) is 12.5 Å². The normalized spacial score (nSPS) is 12.4. The molecule has 2 aromatic rings. The molecule has 0 aliphatic rings. The monoisotopic (exact) mass is 249 g/mol. The van der Waals surface area contributed by atoms with Gasteiger partial charge in [-0.3, -0.25) is 4.79 Å². The lowest BCUT2D eigenvalue weighted by Gasteiger charge is -2.13. The summed E-state index contributed by atoms with van der Waals surface area (Å²) in [4.78, 5) is 12.0. The van der Waals surface area contributed by atoms with Crippen LogP contribution in [-0.2, 0) is 0 Å². The summed E-state index contributed by atoms with van der Waals surface area (Å²) in [7, 11) is 0. The Kier molecular flexibility index (Phi) is 3.53. The van der Waals surface area contributed by atoms with E-state index in [1.807, 2.05) is 0 Å². The van der Waals surface area contributed by atoms with E-state index >= 15 is 0 Å². The van der Waals surface area contributed by atoms with E-state index in [1.165, 1.54) is 6.26 Å². The van der Waals surface area contributed by atoms with Crippen LogP contribution in [-0.4, -0.2) is 17.6 Å². The highest BCUT2D eigenvalue weighted by Crippen LogP contribution is 2.17. The molecule has 5 nitrogen and oxygen atoms in total. The van der Waals surface area contributed by atoms with Gasteiger partial charge in [0.15, 0.2) is 0 Å². The maximum Gasteiger partial charge on any atom is 0.255 e. The second-order valence-corrected chi connectivity index (χ2v) is 4.05. The molecule has 0 aromatic carbocycles. The lowest BCUT2D eigenvalue weighted by atomic mass is 10.2. The van der Waals surface area contributed by atoms with Crippen LogP contribution in [0.1, 0.15) is 33.7 Å². The van der Waals surface area contributed by atoms with E-state index in [0.717, 1.165) is 0 Å². The smallest absolute Gasteiger partial charge is 0.255 e. The second kappa shape index (κ2) is 5.10. The number of hydrogen-bond donors (Lipinski definition) is 2. The van der Waals surface area contributed by atoms with Crippen molar-refractivity contribution < 1.29 is 18.7 Å². The van der Waals surface area contributed by atoms with Gasteiger partial charge >= 0.3 is 0 Å². The van der Waals surface area contributed by atoms with Gasteiger partial charge in [0.1, 0.15) is 23.3 Å². The predicted octanol–water partition coefficient (Wildman–Crippen LogP) is 1.95. The van der Waals surface area contributed by atoms with Crippen molar-refractivity contribution in [1.82, 2.24) is 5.32 Å². The van der Waals surface area contributed by atoms with Crippen LogP contribution in [0.4, 0.5) is 0 Å². The summed E-state index contributed by atoms with van der Waals surface area (Å²) in [6.07, 6.45) is 1.50. The molecule has 0 bridgehead atoms. The molecule has 2 heterocycles. The molecule has 0 spiro atoms. The van der Waals surface area contributed by atoms with Crippen LogP contribution < -0.4 is 5.32 Å². The van der Waals surface area contributed by atoms with Crippen molar-refractivity contribution in [2.45, 2.75) is 19.9 Å². The fraction of sp³-hybridized carbons (Fsp3) is 0.308. The Labute approximate surface area is 104 Å².